The zero-order valence-corrected chi connectivity index (χ0v) is 13.3. The van der Waals surface area contributed by atoms with Crippen LogP contribution in [0.2, 0.25) is 5.02 Å². The number of piperazine rings is 1. The molecule has 0 bridgehead atoms. The maximum Gasteiger partial charge on any atom is 0.0770 e. The number of pyridine rings is 1. The number of nitrogens with one attached hydrogen (secondary N) is 1. The maximum absolute atomic E-state index is 6.42. The second kappa shape index (κ2) is 6.17. The Morgan fingerprint density at radius 3 is 2.60 bits per heavy atom. The summed E-state index contributed by atoms with van der Waals surface area (Å²) in [5.41, 5.74) is 4.48. The van der Waals surface area contributed by atoms with Crippen LogP contribution in [0.25, 0.3) is 10.9 Å². The lowest BCUT2D eigenvalue weighted by molar-refractivity contribution is 0.590. The number of hydrogen-bond donors (Lipinski definition) is 1. The van der Waals surface area contributed by atoms with E-state index < -0.39 is 0 Å². The van der Waals surface area contributed by atoms with Gasteiger partial charge < -0.3 is 10.2 Å². The third-order valence-corrected chi connectivity index (χ3v) is 3.99. The van der Waals surface area contributed by atoms with Crippen molar-refractivity contribution >= 4 is 40.6 Å². The van der Waals surface area contributed by atoms with Gasteiger partial charge >= 0.3 is 0 Å². The molecule has 108 valence electrons. The van der Waals surface area contributed by atoms with Gasteiger partial charge in [-0.2, -0.15) is 0 Å². The van der Waals surface area contributed by atoms with Crippen molar-refractivity contribution in [1.29, 1.82) is 0 Å². The first-order chi connectivity index (χ1) is 9.16. The van der Waals surface area contributed by atoms with Crippen LogP contribution in [-0.4, -0.2) is 31.2 Å². The van der Waals surface area contributed by atoms with Gasteiger partial charge in [0.05, 0.1) is 10.5 Å². The minimum atomic E-state index is 0. The Hall–Kier alpha value is -1.03. The molecule has 1 aromatic heterocycles. The highest BCUT2D eigenvalue weighted by Crippen LogP contribution is 2.34. The average molecular weight is 312 g/mol. The Bertz CT molecular complexity index is 622. The molecule has 0 saturated carbocycles. The molecule has 1 saturated heterocycles. The third-order valence-electron chi connectivity index (χ3n) is 3.68. The van der Waals surface area contributed by atoms with Gasteiger partial charge in [-0.05, 0) is 31.5 Å². The molecule has 2 aromatic rings. The third kappa shape index (κ3) is 2.71. The molecule has 0 spiro atoms. The molecule has 20 heavy (non-hydrogen) atoms. The number of rotatable bonds is 1. The van der Waals surface area contributed by atoms with Crippen LogP contribution >= 0.6 is 24.0 Å². The number of nitrogens with zero attached hydrogens (tertiary/aromatic N) is 2. The summed E-state index contributed by atoms with van der Waals surface area (Å²) in [6, 6.07) is 6.17. The Balaban J connectivity index is 0.00000147. The molecule has 1 N–H and O–H groups in total. The first-order valence-electron chi connectivity index (χ1n) is 6.69. The number of anilines is 1. The molecule has 3 nitrogen and oxygen atoms in total. The minimum Gasteiger partial charge on any atom is -0.368 e. The van der Waals surface area contributed by atoms with Gasteiger partial charge in [0.1, 0.15) is 0 Å². The molecular formula is C15H19Cl2N3. The normalized spacial score (nSPS) is 15.2. The monoisotopic (exact) mass is 311 g/mol. The van der Waals surface area contributed by atoms with E-state index in [9.17, 15) is 0 Å². The van der Waals surface area contributed by atoms with Crippen LogP contribution in [0.15, 0.2) is 18.2 Å². The Morgan fingerprint density at radius 1 is 1.20 bits per heavy atom. The number of fused-ring (bicyclic) bond motifs is 1. The van der Waals surface area contributed by atoms with Crippen LogP contribution in [0.3, 0.4) is 0 Å². The second-order valence-electron chi connectivity index (χ2n) is 5.11. The minimum absolute atomic E-state index is 0. The highest BCUT2D eigenvalue weighted by molar-refractivity contribution is 6.36. The summed E-state index contributed by atoms with van der Waals surface area (Å²) in [6.45, 7) is 8.21. The molecule has 2 heterocycles. The molecule has 0 atom stereocenters. The van der Waals surface area contributed by atoms with Crippen molar-refractivity contribution in [2.24, 2.45) is 0 Å². The summed E-state index contributed by atoms with van der Waals surface area (Å²) in [5.74, 6) is 0. The Labute approximate surface area is 130 Å². The molecule has 0 aliphatic carbocycles. The van der Waals surface area contributed by atoms with Gasteiger partial charge in [-0.3, -0.25) is 4.98 Å². The smallest absolute Gasteiger partial charge is 0.0770 e. The fourth-order valence-electron chi connectivity index (χ4n) is 2.69. The fraction of sp³-hybridized carbons (Fsp3) is 0.400. The molecule has 1 aliphatic rings. The molecule has 5 heteroatoms. The van der Waals surface area contributed by atoms with Crippen molar-refractivity contribution in [3.05, 3.63) is 34.5 Å². The van der Waals surface area contributed by atoms with Crippen molar-refractivity contribution in [2.45, 2.75) is 13.8 Å². The molecular weight excluding hydrogens is 293 g/mol. The van der Waals surface area contributed by atoms with Crippen LogP contribution in [0.5, 0.6) is 0 Å². The summed E-state index contributed by atoms with van der Waals surface area (Å²) in [6.07, 6.45) is 0. The lowest BCUT2D eigenvalue weighted by Crippen LogP contribution is -2.43. The van der Waals surface area contributed by atoms with E-state index in [1.54, 1.807) is 0 Å². The van der Waals surface area contributed by atoms with Crippen molar-refractivity contribution in [3.63, 3.8) is 0 Å². The standard InChI is InChI=1S/C15H18ClN3.ClH/c1-10-3-4-12(16)14-13(9-11(2)18-15(10)14)19-7-5-17-6-8-19;/h3-4,9,17H,5-8H2,1-2H3;1H. The quantitative estimate of drug-likeness (QED) is 0.875. The predicted octanol–water partition coefficient (Wildman–Crippen LogP) is 3.34. The number of hydrogen-bond acceptors (Lipinski definition) is 3. The van der Waals surface area contributed by atoms with Gasteiger partial charge in [0.2, 0.25) is 0 Å². The number of benzene rings is 1. The average Bonchev–Trinajstić information content (AvgIpc) is 2.43. The van der Waals surface area contributed by atoms with E-state index in [0.29, 0.717) is 0 Å². The lowest BCUT2D eigenvalue weighted by atomic mass is 10.1. The van der Waals surface area contributed by atoms with Crippen LogP contribution in [-0.2, 0) is 0 Å². The Morgan fingerprint density at radius 2 is 1.90 bits per heavy atom. The van der Waals surface area contributed by atoms with E-state index in [4.69, 9.17) is 11.6 Å². The first-order valence-corrected chi connectivity index (χ1v) is 7.07. The molecule has 1 aromatic carbocycles. The topological polar surface area (TPSA) is 28.2 Å². The van der Waals surface area contributed by atoms with E-state index in [2.05, 4.69) is 28.2 Å². The molecule has 0 unspecified atom stereocenters. The zero-order valence-electron chi connectivity index (χ0n) is 11.7. The largest absolute Gasteiger partial charge is 0.368 e. The van der Waals surface area contributed by atoms with Crippen molar-refractivity contribution in [1.82, 2.24) is 10.3 Å². The van der Waals surface area contributed by atoms with E-state index >= 15 is 0 Å². The summed E-state index contributed by atoms with van der Waals surface area (Å²) < 4.78 is 0. The van der Waals surface area contributed by atoms with Crippen LogP contribution in [0.4, 0.5) is 5.69 Å². The summed E-state index contributed by atoms with van der Waals surface area (Å²) >= 11 is 6.42. The first kappa shape index (κ1) is 15.4. The number of halogens is 2. The fourth-order valence-corrected chi connectivity index (χ4v) is 2.94. The molecule has 0 amide bonds. The van der Waals surface area contributed by atoms with E-state index in [0.717, 1.165) is 47.8 Å². The van der Waals surface area contributed by atoms with Crippen LogP contribution in [0, 0.1) is 13.8 Å². The molecule has 0 radical (unpaired) electrons. The Kier molecular flexibility index (Phi) is 4.74. The van der Waals surface area contributed by atoms with Gasteiger partial charge in [0.25, 0.3) is 0 Å². The lowest BCUT2D eigenvalue weighted by Gasteiger charge is -2.31. The van der Waals surface area contributed by atoms with Gasteiger partial charge in [0, 0.05) is 42.9 Å². The molecule has 3 rings (SSSR count). The molecule has 1 aliphatic heterocycles. The van der Waals surface area contributed by atoms with Gasteiger partial charge in [-0.25, -0.2) is 0 Å². The second-order valence-corrected chi connectivity index (χ2v) is 5.51. The van der Waals surface area contributed by atoms with E-state index in [1.165, 1.54) is 11.3 Å². The predicted molar refractivity (Wildman–Crippen MR) is 88.6 cm³/mol. The van der Waals surface area contributed by atoms with Crippen molar-refractivity contribution in [2.75, 3.05) is 31.1 Å². The van der Waals surface area contributed by atoms with Crippen molar-refractivity contribution < 1.29 is 0 Å². The van der Waals surface area contributed by atoms with Crippen LogP contribution in [0.1, 0.15) is 11.3 Å². The number of aromatic nitrogens is 1. The SMILES string of the molecule is Cc1cc(N2CCNCC2)c2c(Cl)ccc(C)c2n1.Cl. The van der Waals surface area contributed by atoms with Crippen molar-refractivity contribution in [3.8, 4) is 0 Å². The maximum atomic E-state index is 6.42. The van der Waals surface area contributed by atoms with E-state index in [1.807, 2.05) is 19.1 Å². The van der Waals surface area contributed by atoms with Gasteiger partial charge in [0.15, 0.2) is 0 Å². The summed E-state index contributed by atoms with van der Waals surface area (Å²) in [7, 11) is 0. The molecule has 1 fully saturated rings. The summed E-state index contributed by atoms with van der Waals surface area (Å²) in [4.78, 5) is 7.07. The van der Waals surface area contributed by atoms with Gasteiger partial charge in [-0.1, -0.05) is 17.7 Å². The summed E-state index contributed by atoms with van der Waals surface area (Å²) in [5, 5.41) is 5.27. The van der Waals surface area contributed by atoms with Crippen LogP contribution < -0.4 is 10.2 Å². The highest BCUT2D eigenvalue weighted by atomic mass is 35.5. The number of aryl methyl sites for hydroxylation is 2. The van der Waals surface area contributed by atoms with Gasteiger partial charge in [-0.15, -0.1) is 12.4 Å². The zero-order chi connectivity index (χ0) is 13.4. The van der Waals surface area contributed by atoms with E-state index in [-0.39, 0.29) is 12.4 Å². The highest BCUT2D eigenvalue weighted by Gasteiger charge is 2.17.